The van der Waals surface area contributed by atoms with Crippen LogP contribution < -0.4 is 25.2 Å². The number of para-hydroxylation sites is 2. The van der Waals surface area contributed by atoms with E-state index in [9.17, 15) is 9.59 Å². The largest absolute Gasteiger partial charge is 0.495 e. The predicted octanol–water partition coefficient (Wildman–Crippen LogP) is 5.51. The summed E-state index contributed by atoms with van der Waals surface area (Å²) in [6.07, 6.45) is 0. The van der Waals surface area contributed by atoms with E-state index in [0.29, 0.717) is 23.4 Å². The van der Waals surface area contributed by atoms with Crippen LogP contribution in [0.3, 0.4) is 0 Å². The number of hydrogen-bond donors (Lipinski definition) is 2. The van der Waals surface area contributed by atoms with E-state index in [1.54, 1.807) is 19.2 Å². The quantitative estimate of drug-likeness (QED) is 0.312. The second-order valence-corrected chi connectivity index (χ2v) is 9.82. The van der Waals surface area contributed by atoms with Gasteiger partial charge in [-0.2, -0.15) is 0 Å². The highest BCUT2D eigenvalue weighted by Crippen LogP contribution is 2.31. The van der Waals surface area contributed by atoms with Gasteiger partial charge >= 0.3 is 0 Å². The van der Waals surface area contributed by atoms with Crippen molar-refractivity contribution < 1.29 is 14.3 Å². The Balaban J connectivity index is 1.37. The lowest BCUT2D eigenvalue weighted by Crippen LogP contribution is -2.47. The summed E-state index contributed by atoms with van der Waals surface area (Å²) in [5, 5.41) is 6.04. The summed E-state index contributed by atoms with van der Waals surface area (Å²) in [5.41, 5.74) is 5.55. The smallest absolute Gasteiger partial charge is 0.255 e. The summed E-state index contributed by atoms with van der Waals surface area (Å²) in [6, 6.07) is 30.9. The van der Waals surface area contributed by atoms with Crippen molar-refractivity contribution in [3.63, 3.8) is 0 Å². The molecule has 1 saturated heterocycles. The number of piperazine rings is 1. The second kappa shape index (κ2) is 12.4. The minimum absolute atomic E-state index is 0.182. The number of benzene rings is 4. The molecule has 0 spiro atoms. The summed E-state index contributed by atoms with van der Waals surface area (Å²) in [6.45, 7) is 5.39. The molecule has 4 aromatic carbocycles. The summed E-state index contributed by atoms with van der Waals surface area (Å²) >= 11 is 0. The molecule has 0 radical (unpaired) electrons. The Morgan fingerprint density at radius 2 is 1.38 bits per heavy atom. The van der Waals surface area contributed by atoms with Crippen molar-refractivity contribution in [2.75, 3.05) is 48.4 Å². The first-order valence-electron chi connectivity index (χ1n) is 13.5. The van der Waals surface area contributed by atoms with E-state index < -0.39 is 0 Å². The summed E-state index contributed by atoms with van der Waals surface area (Å²) < 4.78 is 5.57. The van der Waals surface area contributed by atoms with Crippen LogP contribution in [-0.2, 0) is 6.54 Å². The Labute approximate surface area is 235 Å². The van der Waals surface area contributed by atoms with Crippen LogP contribution in [-0.4, -0.2) is 45.1 Å². The SMILES string of the molecule is COc1ccccc1N1CCN(c2ccc(NC(=O)c3ccccc3C)cc2C(=O)NCc2ccccc2)CC1. The first kappa shape index (κ1) is 26.8. The molecule has 0 unspecified atom stereocenters. The maximum atomic E-state index is 13.5. The molecule has 0 aliphatic carbocycles. The monoisotopic (exact) mass is 534 g/mol. The van der Waals surface area contributed by atoms with Crippen LogP contribution in [0.4, 0.5) is 17.1 Å². The molecule has 5 rings (SSSR count). The molecule has 0 atom stereocenters. The van der Waals surface area contributed by atoms with Crippen molar-refractivity contribution in [1.82, 2.24) is 5.32 Å². The van der Waals surface area contributed by atoms with E-state index in [1.807, 2.05) is 85.8 Å². The van der Waals surface area contributed by atoms with Gasteiger partial charge in [0.05, 0.1) is 18.4 Å². The molecule has 4 aromatic rings. The lowest BCUT2D eigenvalue weighted by Gasteiger charge is -2.38. The number of methoxy groups -OCH3 is 1. The third-order valence-electron chi connectivity index (χ3n) is 7.23. The lowest BCUT2D eigenvalue weighted by molar-refractivity contribution is 0.0950. The maximum absolute atomic E-state index is 13.5. The average molecular weight is 535 g/mol. The summed E-state index contributed by atoms with van der Waals surface area (Å²) in [5.74, 6) is 0.468. The number of carbonyl (C=O) groups excluding carboxylic acids is 2. The Morgan fingerprint density at radius 3 is 2.10 bits per heavy atom. The van der Waals surface area contributed by atoms with Crippen LogP contribution in [0.1, 0.15) is 31.8 Å². The fraction of sp³-hybridized carbons (Fsp3) is 0.212. The molecule has 2 amide bonds. The number of nitrogens with one attached hydrogen (secondary N) is 2. The average Bonchev–Trinajstić information content (AvgIpc) is 3.00. The van der Waals surface area contributed by atoms with Crippen LogP contribution in [0.15, 0.2) is 97.1 Å². The Hall–Kier alpha value is -4.78. The predicted molar refractivity (Wildman–Crippen MR) is 161 cm³/mol. The van der Waals surface area contributed by atoms with Crippen LogP contribution in [0.2, 0.25) is 0 Å². The van der Waals surface area contributed by atoms with Gasteiger partial charge in [-0.05, 0) is 54.4 Å². The van der Waals surface area contributed by atoms with Crippen LogP contribution >= 0.6 is 0 Å². The van der Waals surface area contributed by atoms with Crippen molar-refractivity contribution in [2.24, 2.45) is 0 Å². The van der Waals surface area contributed by atoms with Gasteiger partial charge in [-0.25, -0.2) is 0 Å². The van der Waals surface area contributed by atoms with E-state index in [4.69, 9.17) is 4.74 Å². The van der Waals surface area contributed by atoms with E-state index in [-0.39, 0.29) is 11.8 Å². The molecule has 0 saturated carbocycles. The third-order valence-corrected chi connectivity index (χ3v) is 7.23. The van der Waals surface area contributed by atoms with Crippen LogP contribution in [0, 0.1) is 6.92 Å². The van der Waals surface area contributed by atoms with Gasteiger partial charge in [-0.3, -0.25) is 9.59 Å². The van der Waals surface area contributed by atoms with Crippen molar-refractivity contribution in [3.8, 4) is 5.75 Å². The highest BCUT2D eigenvalue weighted by molar-refractivity contribution is 6.07. The highest BCUT2D eigenvalue weighted by Gasteiger charge is 2.24. The van der Waals surface area contributed by atoms with E-state index >= 15 is 0 Å². The van der Waals surface area contributed by atoms with Crippen molar-refractivity contribution in [1.29, 1.82) is 0 Å². The lowest BCUT2D eigenvalue weighted by atomic mass is 10.1. The minimum atomic E-state index is -0.202. The number of aryl methyl sites for hydroxylation is 1. The molecule has 0 bridgehead atoms. The fourth-order valence-electron chi connectivity index (χ4n) is 5.05. The van der Waals surface area contributed by atoms with Crippen molar-refractivity contribution in [3.05, 3.63) is 119 Å². The third kappa shape index (κ3) is 6.10. The Morgan fingerprint density at radius 1 is 0.725 bits per heavy atom. The molecule has 1 aliphatic heterocycles. The Bertz CT molecular complexity index is 1480. The summed E-state index contributed by atoms with van der Waals surface area (Å²) in [4.78, 5) is 31.1. The normalized spacial score (nSPS) is 13.1. The van der Waals surface area contributed by atoms with E-state index in [1.165, 1.54) is 0 Å². The molecule has 7 nitrogen and oxygen atoms in total. The van der Waals surface area contributed by atoms with Gasteiger partial charge in [-0.15, -0.1) is 0 Å². The standard InChI is InChI=1S/C33H34N4O3/c1-24-10-6-7-13-27(24)33(39)35-26-16-17-29(28(22-26)32(38)34-23-25-11-4-3-5-12-25)36-18-20-37(21-19-36)30-14-8-9-15-31(30)40-2/h3-17,22H,18-21,23H2,1-2H3,(H,34,38)(H,35,39). The molecule has 1 heterocycles. The summed E-state index contributed by atoms with van der Waals surface area (Å²) in [7, 11) is 1.69. The molecule has 0 aromatic heterocycles. The zero-order chi connectivity index (χ0) is 27.9. The Kier molecular flexibility index (Phi) is 8.30. The molecule has 7 heteroatoms. The molecular formula is C33H34N4O3. The van der Waals surface area contributed by atoms with Crippen molar-refractivity contribution >= 4 is 28.9 Å². The zero-order valence-corrected chi connectivity index (χ0v) is 22.9. The number of anilines is 3. The number of amides is 2. The van der Waals surface area contributed by atoms with Gasteiger partial charge in [0.15, 0.2) is 0 Å². The van der Waals surface area contributed by atoms with Crippen LogP contribution in [0.25, 0.3) is 0 Å². The van der Waals surface area contributed by atoms with Gasteiger partial charge in [-0.1, -0.05) is 60.7 Å². The number of nitrogens with zero attached hydrogens (tertiary/aromatic N) is 2. The second-order valence-electron chi connectivity index (χ2n) is 9.82. The number of ether oxygens (including phenoxy) is 1. The van der Waals surface area contributed by atoms with Gasteiger partial charge in [0, 0.05) is 49.7 Å². The zero-order valence-electron chi connectivity index (χ0n) is 22.9. The van der Waals surface area contributed by atoms with E-state index in [2.05, 4.69) is 26.5 Å². The number of hydrogen-bond acceptors (Lipinski definition) is 5. The number of carbonyl (C=O) groups is 2. The molecule has 2 N–H and O–H groups in total. The first-order chi connectivity index (χ1) is 19.5. The molecule has 1 aliphatic rings. The topological polar surface area (TPSA) is 73.9 Å². The van der Waals surface area contributed by atoms with Gasteiger partial charge in [0.2, 0.25) is 0 Å². The van der Waals surface area contributed by atoms with E-state index in [0.717, 1.165) is 54.4 Å². The first-order valence-corrected chi connectivity index (χ1v) is 13.5. The molecule has 40 heavy (non-hydrogen) atoms. The molecule has 1 fully saturated rings. The van der Waals surface area contributed by atoms with Gasteiger partial charge in [0.25, 0.3) is 11.8 Å². The van der Waals surface area contributed by atoms with Gasteiger partial charge < -0.3 is 25.2 Å². The molecule has 204 valence electrons. The minimum Gasteiger partial charge on any atom is -0.495 e. The number of rotatable bonds is 8. The van der Waals surface area contributed by atoms with Gasteiger partial charge in [0.1, 0.15) is 5.75 Å². The van der Waals surface area contributed by atoms with Crippen LogP contribution in [0.5, 0.6) is 5.75 Å². The maximum Gasteiger partial charge on any atom is 0.255 e. The van der Waals surface area contributed by atoms with Crippen molar-refractivity contribution in [2.45, 2.75) is 13.5 Å². The fourth-order valence-corrected chi connectivity index (χ4v) is 5.05. The highest BCUT2D eigenvalue weighted by atomic mass is 16.5. The molecular weight excluding hydrogens is 500 g/mol.